The van der Waals surface area contributed by atoms with Crippen LogP contribution in [0.15, 0.2) is 70.9 Å². The summed E-state index contributed by atoms with van der Waals surface area (Å²) in [6.45, 7) is 0. The molecular formula is C12H13AsN2O4. The fraction of sp³-hybridized carbons (Fsp3) is 0. The zero-order valence-corrected chi connectivity index (χ0v) is 11.7. The molecule has 2 aromatic rings. The van der Waals surface area contributed by atoms with Gasteiger partial charge in [0.25, 0.3) is 0 Å². The molecule has 0 aliphatic heterocycles. The minimum atomic E-state index is -5.12. The molecule has 2 rings (SSSR count). The van der Waals surface area contributed by atoms with E-state index in [0.29, 0.717) is 0 Å². The number of hydrogen-bond donors (Lipinski definition) is 3. The molecule has 0 unspecified atom stereocenters. The van der Waals surface area contributed by atoms with E-state index in [1.165, 1.54) is 0 Å². The maximum Gasteiger partial charge on any atom is 0.0857 e. The minimum Gasteiger partial charge on any atom is -0.151 e. The van der Waals surface area contributed by atoms with Crippen LogP contribution in [-0.2, 0) is 3.74 Å². The van der Waals surface area contributed by atoms with Crippen molar-refractivity contribution in [3.8, 4) is 0 Å². The van der Waals surface area contributed by atoms with Crippen LogP contribution in [0.3, 0.4) is 0 Å². The zero-order chi connectivity index (χ0) is 14.1. The normalized spacial score (nSPS) is 10.9. The Hall–Kier alpha value is -1.72. The Kier molecular flexibility index (Phi) is 6.18. The Bertz CT molecular complexity index is 505. The third-order valence-electron chi connectivity index (χ3n) is 1.79. The second-order valence-electron chi connectivity index (χ2n) is 3.38. The van der Waals surface area contributed by atoms with Crippen molar-refractivity contribution in [1.82, 2.24) is 0 Å². The van der Waals surface area contributed by atoms with Gasteiger partial charge in [-0.3, -0.25) is 0 Å². The number of nitrogens with zero attached hydrogens (tertiary/aromatic N) is 2. The molecule has 0 heterocycles. The summed E-state index contributed by atoms with van der Waals surface area (Å²) < 4.78 is 30.7. The first-order valence-corrected chi connectivity index (χ1v) is 8.53. The summed E-state index contributed by atoms with van der Waals surface area (Å²) in [5.74, 6) is 0. The Morgan fingerprint density at radius 3 is 1.21 bits per heavy atom. The maximum absolute atomic E-state index is 8.94. The van der Waals surface area contributed by atoms with Crippen LogP contribution >= 0.6 is 0 Å². The van der Waals surface area contributed by atoms with Gasteiger partial charge in [0.15, 0.2) is 0 Å². The predicted octanol–water partition coefficient (Wildman–Crippen LogP) is 1.93. The average molecular weight is 324 g/mol. The van der Waals surface area contributed by atoms with Crippen molar-refractivity contribution in [3.05, 3.63) is 60.7 Å². The molecule has 0 spiro atoms. The second-order valence-corrected chi connectivity index (χ2v) is 5.54. The van der Waals surface area contributed by atoms with Gasteiger partial charge in [-0.1, -0.05) is 36.4 Å². The Balaban J connectivity index is 0.000000312. The number of hydrogen-bond acceptors (Lipinski definition) is 3. The molecule has 6 nitrogen and oxygen atoms in total. The van der Waals surface area contributed by atoms with E-state index >= 15 is 0 Å². The van der Waals surface area contributed by atoms with Crippen LogP contribution in [-0.4, -0.2) is 26.8 Å². The third kappa shape index (κ3) is 8.93. The van der Waals surface area contributed by atoms with Crippen molar-refractivity contribution < 1.29 is 16.0 Å². The van der Waals surface area contributed by atoms with E-state index < -0.39 is 14.5 Å². The first-order valence-electron chi connectivity index (χ1n) is 5.25. The van der Waals surface area contributed by atoms with E-state index in [2.05, 4.69) is 10.2 Å². The predicted molar refractivity (Wildman–Crippen MR) is 70.2 cm³/mol. The van der Waals surface area contributed by atoms with E-state index in [0.717, 1.165) is 11.4 Å². The summed E-state index contributed by atoms with van der Waals surface area (Å²) in [6, 6.07) is 19.4. The largest absolute Gasteiger partial charge is 0.151 e. The van der Waals surface area contributed by atoms with Crippen molar-refractivity contribution in [2.75, 3.05) is 0 Å². The smallest absolute Gasteiger partial charge is 0.0857 e. The molecule has 0 aromatic heterocycles. The van der Waals surface area contributed by atoms with E-state index in [9.17, 15) is 0 Å². The molecule has 0 amide bonds. The van der Waals surface area contributed by atoms with Crippen LogP contribution in [0, 0.1) is 0 Å². The summed E-state index contributed by atoms with van der Waals surface area (Å²) in [5, 5.41) is 8.20. The molecule has 100 valence electrons. The van der Waals surface area contributed by atoms with Crippen molar-refractivity contribution in [3.63, 3.8) is 0 Å². The van der Waals surface area contributed by atoms with E-state index in [4.69, 9.17) is 16.0 Å². The topological polar surface area (TPSA) is 102 Å². The van der Waals surface area contributed by atoms with Gasteiger partial charge in [0.1, 0.15) is 0 Å². The molecule has 0 saturated heterocycles. The minimum absolute atomic E-state index is 0.872. The van der Waals surface area contributed by atoms with Crippen LogP contribution < -0.4 is 0 Å². The maximum atomic E-state index is 8.94. The molecule has 0 atom stereocenters. The molecule has 0 bridgehead atoms. The van der Waals surface area contributed by atoms with E-state index in [1.54, 1.807) is 0 Å². The van der Waals surface area contributed by atoms with Crippen LogP contribution in [0.5, 0.6) is 0 Å². The molecule has 0 fully saturated rings. The second kappa shape index (κ2) is 7.66. The molecule has 3 N–H and O–H groups in total. The van der Waals surface area contributed by atoms with Crippen molar-refractivity contribution in [2.45, 2.75) is 0 Å². The quantitative estimate of drug-likeness (QED) is 0.580. The number of rotatable bonds is 2. The molecule has 0 aliphatic carbocycles. The third-order valence-corrected chi connectivity index (χ3v) is 1.79. The van der Waals surface area contributed by atoms with Crippen molar-refractivity contribution in [1.29, 1.82) is 0 Å². The summed E-state index contributed by atoms with van der Waals surface area (Å²) in [6.07, 6.45) is 0. The first-order chi connectivity index (χ1) is 8.95. The summed E-state index contributed by atoms with van der Waals surface area (Å²) >= 11 is -5.12. The van der Waals surface area contributed by atoms with Gasteiger partial charge in [-0.15, -0.1) is 0 Å². The average Bonchev–Trinajstić information content (AvgIpc) is 2.37. The Labute approximate surface area is 113 Å². The monoisotopic (exact) mass is 324 g/mol. The molecule has 7 heteroatoms. The van der Waals surface area contributed by atoms with Crippen LogP contribution in [0.1, 0.15) is 0 Å². The summed E-state index contributed by atoms with van der Waals surface area (Å²) in [7, 11) is 0. The number of benzene rings is 2. The molecular weight excluding hydrogens is 311 g/mol. The number of azo groups is 1. The van der Waals surface area contributed by atoms with Gasteiger partial charge in [0.05, 0.1) is 11.4 Å². The van der Waals surface area contributed by atoms with Crippen LogP contribution in [0.4, 0.5) is 11.4 Å². The van der Waals surface area contributed by atoms with Gasteiger partial charge in [-0.25, -0.2) is 0 Å². The Morgan fingerprint density at radius 2 is 0.947 bits per heavy atom. The standard InChI is InChI=1S/C12H10N2.AsH3O4/c1-3-7-11(8-4-1)13-14-12-9-5-2-6-10-12;2-1(3,4)5/h1-10H;(H3,2,3,4,5). The van der Waals surface area contributed by atoms with Gasteiger partial charge >= 0.3 is 30.5 Å². The molecule has 19 heavy (non-hydrogen) atoms. The van der Waals surface area contributed by atoms with Crippen LogP contribution in [0.2, 0.25) is 0 Å². The van der Waals surface area contributed by atoms with E-state index in [1.807, 2.05) is 60.7 Å². The molecule has 0 radical (unpaired) electrons. The van der Waals surface area contributed by atoms with Gasteiger partial charge in [-0.05, 0) is 24.3 Å². The Morgan fingerprint density at radius 1 is 0.684 bits per heavy atom. The molecule has 2 aromatic carbocycles. The fourth-order valence-electron chi connectivity index (χ4n) is 1.10. The van der Waals surface area contributed by atoms with Gasteiger partial charge < -0.3 is 0 Å². The van der Waals surface area contributed by atoms with Crippen molar-refractivity contribution in [2.24, 2.45) is 10.2 Å². The van der Waals surface area contributed by atoms with E-state index in [-0.39, 0.29) is 0 Å². The fourth-order valence-corrected chi connectivity index (χ4v) is 1.10. The van der Waals surface area contributed by atoms with Gasteiger partial charge in [-0.2, -0.15) is 10.2 Å². The summed E-state index contributed by atoms with van der Waals surface area (Å²) in [4.78, 5) is 0. The van der Waals surface area contributed by atoms with Crippen molar-refractivity contribution >= 4 is 25.9 Å². The van der Waals surface area contributed by atoms with Gasteiger partial charge in [0, 0.05) is 0 Å². The molecule has 0 aliphatic rings. The summed E-state index contributed by atoms with van der Waals surface area (Å²) in [5.41, 5.74) is 1.74. The van der Waals surface area contributed by atoms with Crippen LogP contribution in [0.25, 0.3) is 0 Å². The zero-order valence-electron chi connectivity index (χ0n) is 9.87. The molecule has 0 saturated carbocycles. The SMILES string of the molecule is O=[As](O)(O)O.c1ccc(N=Nc2ccccc2)cc1. The van der Waals surface area contributed by atoms with Gasteiger partial charge in [0.2, 0.25) is 0 Å². The first kappa shape index (κ1) is 15.3.